The molecule has 7 nitrogen and oxygen atoms in total. The number of carbonyl (C=O) groups excluding carboxylic acids is 2. The van der Waals surface area contributed by atoms with Crippen LogP contribution in [0.4, 0.5) is 11.4 Å². The van der Waals surface area contributed by atoms with Crippen molar-refractivity contribution in [2.75, 3.05) is 10.6 Å². The maximum atomic E-state index is 12.7. The predicted molar refractivity (Wildman–Crippen MR) is 96.2 cm³/mol. The second kappa shape index (κ2) is 6.99. The minimum atomic E-state index is -0.437. The predicted octanol–water partition coefficient (Wildman–Crippen LogP) is 3.46. The van der Waals surface area contributed by atoms with Gasteiger partial charge in [-0.2, -0.15) is 5.26 Å². The zero-order valence-corrected chi connectivity index (χ0v) is 14.2. The Kier molecular flexibility index (Phi) is 4.58. The average Bonchev–Trinajstić information content (AvgIpc) is 3.23. The molecule has 0 saturated heterocycles. The smallest absolute Gasteiger partial charge is 0.260 e. The molecule has 0 aliphatic carbocycles. The minimum Gasteiger partial charge on any atom is -0.443 e. The zero-order chi connectivity index (χ0) is 18.7. The van der Waals surface area contributed by atoms with Crippen molar-refractivity contribution in [3.05, 3.63) is 65.7 Å². The second-order valence-electron chi connectivity index (χ2n) is 5.63. The van der Waals surface area contributed by atoms with E-state index >= 15 is 0 Å². The summed E-state index contributed by atoms with van der Waals surface area (Å²) in [5, 5.41) is 14.9. The van der Waals surface area contributed by atoms with E-state index in [4.69, 9.17) is 4.42 Å². The molecule has 2 aromatic heterocycles. The molecule has 26 heavy (non-hydrogen) atoms. The molecule has 0 fully saturated rings. The van der Waals surface area contributed by atoms with Crippen molar-refractivity contribution in [2.45, 2.75) is 13.8 Å². The van der Waals surface area contributed by atoms with E-state index in [1.54, 1.807) is 60.3 Å². The summed E-state index contributed by atoms with van der Waals surface area (Å²) >= 11 is 0. The van der Waals surface area contributed by atoms with E-state index < -0.39 is 5.91 Å². The summed E-state index contributed by atoms with van der Waals surface area (Å²) in [6, 6.07) is 12.3. The fourth-order valence-corrected chi connectivity index (χ4v) is 2.59. The Morgan fingerprint density at radius 1 is 1.08 bits per heavy atom. The molecule has 0 radical (unpaired) electrons. The maximum absolute atomic E-state index is 12.7. The molecule has 2 heterocycles. The molecule has 0 aliphatic rings. The van der Waals surface area contributed by atoms with Gasteiger partial charge >= 0.3 is 0 Å². The second-order valence-corrected chi connectivity index (χ2v) is 5.63. The van der Waals surface area contributed by atoms with Crippen molar-refractivity contribution in [2.24, 2.45) is 0 Å². The van der Waals surface area contributed by atoms with Crippen LogP contribution in [-0.2, 0) is 4.79 Å². The third-order valence-electron chi connectivity index (χ3n) is 3.71. The Bertz CT molecular complexity index is 993. The molecule has 2 N–H and O–H groups in total. The van der Waals surface area contributed by atoms with Crippen LogP contribution in [0.25, 0.3) is 5.88 Å². The van der Waals surface area contributed by atoms with E-state index in [0.29, 0.717) is 23.0 Å². The fraction of sp³-hybridized carbons (Fsp3) is 0.105. The highest BCUT2D eigenvalue weighted by atomic mass is 16.4. The van der Waals surface area contributed by atoms with Crippen LogP contribution in [0, 0.1) is 18.3 Å². The topological polar surface area (TPSA) is 100 Å². The van der Waals surface area contributed by atoms with Gasteiger partial charge in [-0.3, -0.25) is 14.2 Å². The fourth-order valence-electron chi connectivity index (χ4n) is 2.59. The van der Waals surface area contributed by atoms with Gasteiger partial charge in [0.2, 0.25) is 11.8 Å². The first kappa shape index (κ1) is 17.0. The van der Waals surface area contributed by atoms with Crippen LogP contribution in [0.15, 0.2) is 53.2 Å². The molecule has 3 rings (SSSR count). The average molecular weight is 348 g/mol. The van der Waals surface area contributed by atoms with Crippen molar-refractivity contribution in [3.63, 3.8) is 0 Å². The summed E-state index contributed by atoms with van der Waals surface area (Å²) in [4.78, 5) is 23.7. The van der Waals surface area contributed by atoms with Gasteiger partial charge in [0.1, 0.15) is 23.0 Å². The summed E-state index contributed by atoms with van der Waals surface area (Å²) in [7, 11) is 0. The number of nitrogens with one attached hydrogen (secondary N) is 2. The highest BCUT2D eigenvalue weighted by molar-refractivity contribution is 6.07. The van der Waals surface area contributed by atoms with Gasteiger partial charge in [-0.1, -0.05) is 0 Å². The van der Waals surface area contributed by atoms with Crippen LogP contribution in [-0.4, -0.2) is 16.4 Å². The lowest BCUT2D eigenvalue weighted by atomic mass is 10.1. The van der Waals surface area contributed by atoms with Crippen molar-refractivity contribution < 1.29 is 14.0 Å². The van der Waals surface area contributed by atoms with Crippen LogP contribution >= 0.6 is 0 Å². The van der Waals surface area contributed by atoms with Crippen molar-refractivity contribution in [1.82, 2.24) is 4.57 Å². The number of hydrogen-bond acceptors (Lipinski definition) is 4. The number of aryl methyl sites for hydroxylation is 1. The van der Waals surface area contributed by atoms with Gasteiger partial charge in [0.15, 0.2) is 0 Å². The number of furan rings is 1. The first-order chi connectivity index (χ1) is 12.5. The van der Waals surface area contributed by atoms with Crippen LogP contribution in [0.3, 0.4) is 0 Å². The molecule has 0 unspecified atom stereocenters. The Hall–Kier alpha value is -3.79. The molecule has 0 saturated carbocycles. The number of anilines is 2. The van der Waals surface area contributed by atoms with E-state index in [1.807, 2.05) is 6.07 Å². The minimum absolute atomic E-state index is 0.172. The van der Waals surface area contributed by atoms with E-state index in [0.717, 1.165) is 0 Å². The lowest BCUT2D eigenvalue weighted by Gasteiger charge is -2.07. The summed E-state index contributed by atoms with van der Waals surface area (Å²) in [6.45, 7) is 3.06. The summed E-state index contributed by atoms with van der Waals surface area (Å²) in [6.07, 6.45) is 3.48. The van der Waals surface area contributed by atoms with E-state index in [-0.39, 0.29) is 17.0 Å². The standard InChI is InChI=1S/C19H16N4O3/c1-12-17(16(11-20)19(26-12)23-9-3-4-10-23)18(25)22-15-7-5-14(6-8-15)21-13(2)24/h3-10H,1-2H3,(H,21,24)(H,22,25). The van der Waals surface area contributed by atoms with Crippen LogP contribution in [0.2, 0.25) is 0 Å². The van der Waals surface area contributed by atoms with Gasteiger partial charge in [0, 0.05) is 30.7 Å². The lowest BCUT2D eigenvalue weighted by Crippen LogP contribution is -2.14. The van der Waals surface area contributed by atoms with Gasteiger partial charge in [0.25, 0.3) is 5.91 Å². The molecular formula is C19H16N4O3. The number of benzene rings is 1. The molecule has 2 amide bonds. The van der Waals surface area contributed by atoms with Crippen molar-refractivity contribution >= 4 is 23.2 Å². The van der Waals surface area contributed by atoms with Crippen molar-refractivity contribution in [3.8, 4) is 12.0 Å². The van der Waals surface area contributed by atoms with Gasteiger partial charge in [-0.05, 0) is 43.3 Å². The Labute approximate surface area is 149 Å². The SMILES string of the molecule is CC(=O)Nc1ccc(NC(=O)c2c(C)oc(-n3cccc3)c2C#N)cc1. The summed E-state index contributed by atoms with van der Waals surface area (Å²) < 4.78 is 7.28. The summed E-state index contributed by atoms with van der Waals surface area (Å²) in [5.74, 6) is 0.0549. The maximum Gasteiger partial charge on any atom is 0.260 e. The number of nitriles is 1. The third-order valence-corrected chi connectivity index (χ3v) is 3.71. The molecule has 0 atom stereocenters. The lowest BCUT2D eigenvalue weighted by molar-refractivity contribution is -0.114. The van der Waals surface area contributed by atoms with Gasteiger partial charge < -0.3 is 15.1 Å². The monoisotopic (exact) mass is 348 g/mol. The van der Waals surface area contributed by atoms with Gasteiger partial charge in [0.05, 0.1) is 0 Å². The van der Waals surface area contributed by atoms with Gasteiger partial charge in [-0.15, -0.1) is 0 Å². The quantitative estimate of drug-likeness (QED) is 0.754. The Morgan fingerprint density at radius 2 is 1.65 bits per heavy atom. The number of aromatic nitrogens is 1. The van der Waals surface area contributed by atoms with Crippen LogP contribution in [0.1, 0.15) is 28.6 Å². The molecule has 0 spiro atoms. The molecule has 130 valence electrons. The van der Waals surface area contributed by atoms with E-state index in [9.17, 15) is 14.9 Å². The molecule has 1 aromatic carbocycles. The van der Waals surface area contributed by atoms with E-state index in [2.05, 4.69) is 10.6 Å². The normalized spacial score (nSPS) is 10.2. The molecule has 3 aromatic rings. The van der Waals surface area contributed by atoms with Crippen LogP contribution in [0.5, 0.6) is 0 Å². The highest BCUT2D eigenvalue weighted by Crippen LogP contribution is 2.26. The molecule has 7 heteroatoms. The largest absolute Gasteiger partial charge is 0.443 e. The van der Waals surface area contributed by atoms with Gasteiger partial charge in [-0.25, -0.2) is 0 Å². The van der Waals surface area contributed by atoms with Crippen LogP contribution < -0.4 is 10.6 Å². The zero-order valence-electron chi connectivity index (χ0n) is 14.2. The number of rotatable bonds is 4. The highest BCUT2D eigenvalue weighted by Gasteiger charge is 2.24. The Morgan fingerprint density at radius 3 is 2.19 bits per heavy atom. The van der Waals surface area contributed by atoms with Crippen molar-refractivity contribution in [1.29, 1.82) is 5.26 Å². The molecular weight excluding hydrogens is 332 g/mol. The Balaban J connectivity index is 1.86. The van der Waals surface area contributed by atoms with E-state index in [1.165, 1.54) is 6.92 Å². The first-order valence-corrected chi connectivity index (χ1v) is 7.85. The number of nitrogens with zero attached hydrogens (tertiary/aromatic N) is 2. The summed E-state index contributed by atoms with van der Waals surface area (Å²) in [5.41, 5.74) is 1.53. The third kappa shape index (κ3) is 3.35. The number of carbonyl (C=O) groups is 2. The molecule has 0 bridgehead atoms. The first-order valence-electron chi connectivity index (χ1n) is 7.85. The molecule has 0 aliphatic heterocycles. The number of amides is 2. The number of hydrogen-bond donors (Lipinski definition) is 2.